The fraction of sp³-hybridized carbons (Fsp3) is 0.385. The second-order valence-corrected chi connectivity index (χ2v) is 4.76. The first-order valence-electron chi connectivity index (χ1n) is 5.46. The maximum atomic E-state index is 11.9. The van der Waals surface area contributed by atoms with Gasteiger partial charge in [-0.1, -0.05) is 32.4 Å². The van der Waals surface area contributed by atoms with Crippen LogP contribution in [0.3, 0.4) is 0 Å². The van der Waals surface area contributed by atoms with Gasteiger partial charge in [-0.15, -0.1) is 0 Å². The van der Waals surface area contributed by atoms with E-state index >= 15 is 0 Å². The molecule has 0 spiro atoms. The van der Waals surface area contributed by atoms with E-state index in [4.69, 9.17) is 16.9 Å². The monoisotopic (exact) mass is 250 g/mol. The molecule has 0 saturated carbocycles. The van der Waals surface area contributed by atoms with Gasteiger partial charge in [0.05, 0.1) is 11.3 Å². The molecule has 0 bridgehead atoms. The molecule has 1 atom stereocenters. The van der Waals surface area contributed by atoms with Crippen molar-refractivity contribution in [3.05, 3.63) is 28.8 Å². The molecule has 0 aliphatic carbocycles. The summed E-state index contributed by atoms with van der Waals surface area (Å²) in [4.78, 5) is 11.9. The van der Waals surface area contributed by atoms with E-state index in [-0.39, 0.29) is 17.7 Å². The van der Waals surface area contributed by atoms with E-state index in [1.54, 1.807) is 18.2 Å². The Morgan fingerprint density at radius 3 is 2.59 bits per heavy atom. The van der Waals surface area contributed by atoms with Crippen LogP contribution >= 0.6 is 11.6 Å². The van der Waals surface area contributed by atoms with E-state index in [2.05, 4.69) is 5.32 Å². The molecule has 0 radical (unpaired) electrons. The van der Waals surface area contributed by atoms with Crippen LogP contribution in [0.25, 0.3) is 0 Å². The lowest BCUT2D eigenvalue weighted by molar-refractivity contribution is -0.120. The Bertz CT molecular complexity index is 463. The molecule has 4 heteroatoms. The SMILES string of the molecule is CC(C)C(C)C(=O)Nc1cc(Cl)ccc1C#N. The number of carbonyl (C=O) groups excluding carboxylic acids is 1. The van der Waals surface area contributed by atoms with Gasteiger partial charge in [0.1, 0.15) is 6.07 Å². The number of amides is 1. The maximum absolute atomic E-state index is 11.9. The van der Waals surface area contributed by atoms with Crippen LogP contribution in [0.15, 0.2) is 18.2 Å². The van der Waals surface area contributed by atoms with Crippen molar-refractivity contribution in [3.63, 3.8) is 0 Å². The molecule has 3 nitrogen and oxygen atoms in total. The van der Waals surface area contributed by atoms with Crippen LogP contribution in [0.2, 0.25) is 5.02 Å². The summed E-state index contributed by atoms with van der Waals surface area (Å²) < 4.78 is 0. The first-order chi connectivity index (χ1) is 7.95. The molecule has 1 aromatic carbocycles. The van der Waals surface area contributed by atoms with Crippen LogP contribution in [0.1, 0.15) is 26.3 Å². The summed E-state index contributed by atoms with van der Waals surface area (Å²) in [5.74, 6) is 0.0408. The minimum absolute atomic E-state index is 0.0984. The van der Waals surface area contributed by atoms with Gasteiger partial charge in [-0.25, -0.2) is 0 Å². The van der Waals surface area contributed by atoms with Gasteiger partial charge in [-0.3, -0.25) is 4.79 Å². The van der Waals surface area contributed by atoms with E-state index in [1.807, 2.05) is 26.8 Å². The Hall–Kier alpha value is -1.53. The van der Waals surface area contributed by atoms with Crippen LogP contribution in [-0.4, -0.2) is 5.91 Å². The van der Waals surface area contributed by atoms with Crippen LogP contribution in [0.5, 0.6) is 0 Å². The van der Waals surface area contributed by atoms with Crippen LogP contribution in [0, 0.1) is 23.2 Å². The van der Waals surface area contributed by atoms with Crippen LogP contribution in [0.4, 0.5) is 5.69 Å². The maximum Gasteiger partial charge on any atom is 0.227 e. The van der Waals surface area contributed by atoms with Crippen molar-refractivity contribution in [3.8, 4) is 6.07 Å². The molecule has 1 N–H and O–H groups in total. The number of hydrogen-bond donors (Lipinski definition) is 1. The van der Waals surface area contributed by atoms with Crippen LogP contribution in [-0.2, 0) is 4.79 Å². The van der Waals surface area contributed by atoms with Crippen LogP contribution < -0.4 is 5.32 Å². The predicted molar refractivity (Wildman–Crippen MR) is 68.8 cm³/mol. The van der Waals surface area contributed by atoms with Gasteiger partial charge in [0.25, 0.3) is 0 Å². The Morgan fingerprint density at radius 2 is 2.06 bits per heavy atom. The normalized spacial score (nSPS) is 12.0. The number of hydrogen-bond acceptors (Lipinski definition) is 2. The third-order valence-corrected chi connectivity index (χ3v) is 3.01. The number of rotatable bonds is 3. The minimum Gasteiger partial charge on any atom is -0.325 e. The molecule has 0 fully saturated rings. The fourth-order valence-corrected chi connectivity index (χ4v) is 1.44. The number of nitrogens with zero attached hydrogens (tertiary/aromatic N) is 1. The van der Waals surface area contributed by atoms with Crippen molar-refractivity contribution in [2.75, 3.05) is 5.32 Å². The summed E-state index contributed by atoms with van der Waals surface area (Å²) in [5.41, 5.74) is 0.885. The molecule has 0 aliphatic heterocycles. The fourth-order valence-electron chi connectivity index (χ4n) is 1.27. The smallest absolute Gasteiger partial charge is 0.227 e. The van der Waals surface area contributed by atoms with Crippen molar-refractivity contribution < 1.29 is 4.79 Å². The Morgan fingerprint density at radius 1 is 1.41 bits per heavy atom. The molecule has 0 aliphatic rings. The molecule has 0 heterocycles. The first kappa shape index (κ1) is 13.5. The Balaban J connectivity index is 2.92. The molecule has 90 valence electrons. The summed E-state index contributed by atoms with van der Waals surface area (Å²) in [6.07, 6.45) is 0. The van der Waals surface area contributed by atoms with Gasteiger partial charge in [0.2, 0.25) is 5.91 Å². The Kier molecular flexibility index (Phi) is 4.53. The second-order valence-electron chi connectivity index (χ2n) is 4.32. The second kappa shape index (κ2) is 5.70. The number of nitrogens with one attached hydrogen (secondary N) is 1. The number of anilines is 1. The molecule has 17 heavy (non-hydrogen) atoms. The average Bonchev–Trinajstić information content (AvgIpc) is 2.28. The molecular formula is C13H15ClN2O. The van der Waals surface area contributed by atoms with Gasteiger partial charge in [-0.05, 0) is 24.1 Å². The quantitative estimate of drug-likeness (QED) is 0.893. The highest BCUT2D eigenvalue weighted by atomic mass is 35.5. The molecule has 1 rings (SSSR count). The lowest BCUT2D eigenvalue weighted by Gasteiger charge is -2.16. The minimum atomic E-state index is -0.111. The Labute approximate surface area is 106 Å². The van der Waals surface area contributed by atoms with E-state index in [1.165, 1.54) is 0 Å². The standard InChI is InChI=1S/C13H15ClN2O/c1-8(2)9(3)13(17)16-12-6-11(14)5-4-10(12)7-15/h4-6,8-9H,1-3H3,(H,16,17). The molecular weight excluding hydrogens is 236 g/mol. The number of carbonyl (C=O) groups is 1. The summed E-state index contributed by atoms with van der Waals surface area (Å²) in [7, 11) is 0. The summed E-state index contributed by atoms with van der Waals surface area (Å²) >= 11 is 5.84. The molecule has 1 aromatic rings. The third-order valence-electron chi connectivity index (χ3n) is 2.77. The highest BCUT2D eigenvalue weighted by Crippen LogP contribution is 2.22. The van der Waals surface area contributed by atoms with Crippen molar-refractivity contribution in [1.29, 1.82) is 5.26 Å². The van der Waals surface area contributed by atoms with Gasteiger partial charge in [0.15, 0.2) is 0 Å². The zero-order chi connectivity index (χ0) is 13.0. The zero-order valence-corrected chi connectivity index (χ0v) is 10.9. The van der Waals surface area contributed by atoms with Crippen molar-refractivity contribution in [2.45, 2.75) is 20.8 Å². The summed E-state index contributed by atoms with van der Waals surface area (Å²) in [6.45, 7) is 5.82. The van der Waals surface area contributed by atoms with Gasteiger partial charge in [0, 0.05) is 10.9 Å². The molecule has 1 unspecified atom stereocenters. The van der Waals surface area contributed by atoms with Gasteiger partial charge < -0.3 is 5.32 Å². The van der Waals surface area contributed by atoms with Crippen molar-refractivity contribution >= 4 is 23.2 Å². The number of halogens is 1. The van der Waals surface area contributed by atoms with Crippen molar-refractivity contribution in [2.24, 2.45) is 11.8 Å². The van der Waals surface area contributed by atoms with E-state index < -0.39 is 0 Å². The summed E-state index contributed by atoms with van der Waals surface area (Å²) in [6, 6.07) is 6.83. The van der Waals surface area contributed by atoms with Gasteiger partial charge in [-0.2, -0.15) is 5.26 Å². The van der Waals surface area contributed by atoms with E-state index in [9.17, 15) is 4.79 Å². The lowest BCUT2D eigenvalue weighted by Crippen LogP contribution is -2.24. The number of nitriles is 1. The predicted octanol–water partition coefficient (Wildman–Crippen LogP) is 3.44. The van der Waals surface area contributed by atoms with E-state index in [0.717, 1.165) is 0 Å². The number of benzene rings is 1. The average molecular weight is 251 g/mol. The van der Waals surface area contributed by atoms with Crippen molar-refractivity contribution in [1.82, 2.24) is 0 Å². The molecule has 1 amide bonds. The largest absolute Gasteiger partial charge is 0.325 e. The molecule has 0 saturated heterocycles. The van der Waals surface area contributed by atoms with E-state index in [0.29, 0.717) is 16.3 Å². The lowest BCUT2D eigenvalue weighted by atomic mass is 9.97. The summed E-state index contributed by atoms with van der Waals surface area (Å²) in [5, 5.41) is 12.2. The third kappa shape index (κ3) is 3.47. The highest BCUT2D eigenvalue weighted by molar-refractivity contribution is 6.31. The highest BCUT2D eigenvalue weighted by Gasteiger charge is 2.17. The molecule has 0 aromatic heterocycles. The first-order valence-corrected chi connectivity index (χ1v) is 5.84. The van der Waals surface area contributed by atoms with Gasteiger partial charge >= 0.3 is 0 Å². The zero-order valence-electron chi connectivity index (χ0n) is 10.1. The topological polar surface area (TPSA) is 52.9 Å².